The topological polar surface area (TPSA) is 28.2 Å². The second-order valence-electron chi connectivity index (χ2n) is 5.29. The second kappa shape index (κ2) is 4.52. The molecule has 0 radical (unpaired) electrons. The molecule has 3 nitrogen and oxygen atoms in total. The summed E-state index contributed by atoms with van der Waals surface area (Å²) in [4.78, 5) is 6.94. The van der Waals surface area contributed by atoms with Crippen LogP contribution >= 0.6 is 0 Å². The lowest BCUT2D eigenvalue weighted by Crippen LogP contribution is -2.56. The van der Waals surface area contributed by atoms with Crippen molar-refractivity contribution in [2.45, 2.75) is 32.9 Å². The van der Waals surface area contributed by atoms with Gasteiger partial charge in [-0.2, -0.15) is 0 Å². The van der Waals surface area contributed by atoms with Crippen LogP contribution in [0.15, 0.2) is 18.3 Å². The highest BCUT2D eigenvalue weighted by Crippen LogP contribution is 2.14. The Kier molecular flexibility index (Phi) is 3.26. The minimum Gasteiger partial charge on any atom is -0.309 e. The number of nitrogens with zero attached hydrogens (tertiary/aromatic N) is 2. The summed E-state index contributed by atoms with van der Waals surface area (Å²) in [6.07, 6.45) is 1.88. The van der Waals surface area contributed by atoms with E-state index in [1.807, 2.05) is 12.3 Å². The zero-order chi connectivity index (χ0) is 11.6. The molecule has 1 aromatic heterocycles. The molecule has 1 aliphatic heterocycles. The molecule has 2 heterocycles. The second-order valence-corrected chi connectivity index (χ2v) is 5.29. The van der Waals surface area contributed by atoms with Crippen molar-refractivity contribution in [3.63, 3.8) is 0 Å². The van der Waals surface area contributed by atoms with Gasteiger partial charge in [-0.05, 0) is 32.4 Å². The zero-order valence-electron chi connectivity index (χ0n) is 10.5. The third kappa shape index (κ3) is 2.80. The molecule has 0 aliphatic carbocycles. The standard InChI is InChI=1S/C13H21N3/c1-11-5-4-6-14-12(11)9-16-8-7-15-13(2,3)10-16/h4-6,15H,7-10H2,1-3H3. The van der Waals surface area contributed by atoms with Crippen molar-refractivity contribution >= 4 is 0 Å². The maximum Gasteiger partial charge on any atom is 0.0573 e. The van der Waals surface area contributed by atoms with Crippen LogP contribution in [0.1, 0.15) is 25.1 Å². The Balaban J connectivity index is 2.02. The Morgan fingerprint density at radius 2 is 2.31 bits per heavy atom. The van der Waals surface area contributed by atoms with E-state index in [4.69, 9.17) is 0 Å². The van der Waals surface area contributed by atoms with Crippen LogP contribution in [0.4, 0.5) is 0 Å². The fourth-order valence-corrected chi connectivity index (χ4v) is 2.28. The number of hydrogen-bond donors (Lipinski definition) is 1. The highest BCUT2D eigenvalue weighted by molar-refractivity contribution is 5.17. The summed E-state index contributed by atoms with van der Waals surface area (Å²) in [7, 11) is 0. The molecule has 0 aromatic carbocycles. The normalized spacial score (nSPS) is 20.9. The van der Waals surface area contributed by atoms with Gasteiger partial charge < -0.3 is 5.32 Å². The molecule has 1 saturated heterocycles. The number of pyridine rings is 1. The predicted octanol–water partition coefficient (Wildman–Crippen LogP) is 1.57. The van der Waals surface area contributed by atoms with Crippen molar-refractivity contribution in [1.29, 1.82) is 0 Å². The van der Waals surface area contributed by atoms with E-state index in [2.05, 4.69) is 42.0 Å². The molecular formula is C13H21N3. The van der Waals surface area contributed by atoms with Gasteiger partial charge >= 0.3 is 0 Å². The van der Waals surface area contributed by atoms with Crippen molar-refractivity contribution in [3.8, 4) is 0 Å². The Hall–Kier alpha value is -0.930. The highest BCUT2D eigenvalue weighted by Gasteiger charge is 2.25. The van der Waals surface area contributed by atoms with Gasteiger partial charge in [-0.1, -0.05) is 6.07 Å². The Labute approximate surface area is 97.9 Å². The van der Waals surface area contributed by atoms with E-state index in [-0.39, 0.29) is 5.54 Å². The summed E-state index contributed by atoms with van der Waals surface area (Å²) in [6.45, 7) is 10.9. The molecule has 0 atom stereocenters. The molecule has 1 aromatic rings. The summed E-state index contributed by atoms with van der Waals surface area (Å²) >= 11 is 0. The zero-order valence-corrected chi connectivity index (χ0v) is 10.5. The molecule has 0 bridgehead atoms. The molecular weight excluding hydrogens is 198 g/mol. The lowest BCUT2D eigenvalue weighted by atomic mass is 10.0. The molecule has 2 rings (SSSR count). The van der Waals surface area contributed by atoms with Crippen LogP contribution in [0.5, 0.6) is 0 Å². The van der Waals surface area contributed by atoms with Gasteiger partial charge in [0.25, 0.3) is 0 Å². The average Bonchev–Trinajstić information content (AvgIpc) is 2.20. The quantitative estimate of drug-likeness (QED) is 0.818. The van der Waals surface area contributed by atoms with Crippen LogP contribution in [0, 0.1) is 6.92 Å². The van der Waals surface area contributed by atoms with Crippen LogP contribution in [-0.2, 0) is 6.54 Å². The van der Waals surface area contributed by atoms with Crippen LogP contribution < -0.4 is 5.32 Å². The van der Waals surface area contributed by atoms with Gasteiger partial charge in [0.1, 0.15) is 0 Å². The summed E-state index contributed by atoms with van der Waals surface area (Å²) < 4.78 is 0. The molecule has 1 fully saturated rings. The highest BCUT2D eigenvalue weighted by atomic mass is 15.2. The fraction of sp³-hybridized carbons (Fsp3) is 0.615. The first-order chi connectivity index (χ1) is 7.57. The van der Waals surface area contributed by atoms with E-state index in [1.165, 1.54) is 11.3 Å². The van der Waals surface area contributed by atoms with Crippen molar-refractivity contribution in [3.05, 3.63) is 29.6 Å². The van der Waals surface area contributed by atoms with Gasteiger partial charge in [-0.15, -0.1) is 0 Å². The fourth-order valence-electron chi connectivity index (χ4n) is 2.28. The van der Waals surface area contributed by atoms with Gasteiger partial charge in [-0.25, -0.2) is 0 Å². The maximum absolute atomic E-state index is 4.46. The smallest absolute Gasteiger partial charge is 0.0573 e. The SMILES string of the molecule is Cc1cccnc1CN1CCNC(C)(C)C1. The van der Waals surface area contributed by atoms with Gasteiger partial charge in [0, 0.05) is 37.9 Å². The lowest BCUT2D eigenvalue weighted by molar-refractivity contribution is 0.146. The Morgan fingerprint density at radius 3 is 3.00 bits per heavy atom. The minimum absolute atomic E-state index is 0.223. The number of nitrogens with one attached hydrogen (secondary N) is 1. The summed E-state index contributed by atoms with van der Waals surface area (Å²) in [5, 5.41) is 3.53. The number of hydrogen-bond acceptors (Lipinski definition) is 3. The molecule has 88 valence electrons. The Morgan fingerprint density at radius 1 is 1.50 bits per heavy atom. The first-order valence-corrected chi connectivity index (χ1v) is 5.95. The lowest BCUT2D eigenvalue weighted by Gasteiger charge is -2.39. The van der Waals surface area contributed by atoms with E-state index < -0.39 is 0 Å². The molecule has 1 aliphatic rings. The molecule has 0 amide bonds. The van der Waals surface area contributed by atoms with Crippen molar-refractivity contribution in [2.24, 2.45) is 0 Å². The number of aryl methyl sites for hydroxylation is 1. The minimum atomic E-state index is 0.223. The van der Waals surface area contributed by atoms with Gasteiger partial charge in [-0.3, -0.25) is 9.88 Å². The van der Waals surface area contributed by atoms with Crippen molar-refractivity contribution in [1.82, 2.24) is 15.2 Å². The molecule has 1 N–H and O–H groups in total. The summed E-state index contributed by atoms with van der Waals surface area (Å²) in [5.74, 6) is 0. The van der Waals surface area contributed by atoms with Gasteiger partial charge in [0.15, 0.2) is 0 Å². The molecule has 0 saturated carbocycles. The monoisotopic (exact) mass is 219 g/mol. The first-order valence-electron chi connectivity index (χ1n) is 5.95. The molecule has 0 unspecified atom stereocenters. The number of aromatic nitrogens is 1. The predicted molar refractivity (Wildman–Crippen MR) is 66.3 cm³/mol. The number of piperazine rings is 1. The van der Waals surface area contributed by atoms with Crippen LogP contribution in [0.2, 0.25) is 0 Å². The molecule has 16 heavy (non-hydrogen) atoms. The average molecular weight is 219 g/mol. The van der Waals surface area contributed by atoms with Crippen molar-refractivity contribution < 1.29 is 0 Å². The first kappa shape index (κ1) is 11.6. The van der Waals surface area contributed by atoms with Crippen LogP contribution in [0.3, 0.4) is 0 Å². The summed E-state index contributed by atoms with van der Waals surface area (Å²) in [6, 6.07) is 4.14. The van der Waals surface area contributed by atoms with E-state index in [1.54, 1.807) is 0 Å². The third-order valence-corrected chi connectivity index (χ3v) is 3.14. The molecule has 0 spiro atoms. The van der Waals surface area contributed by atoms with Crippen molar-refractivity contribution in [2.75, 3.05) is 19.6 Å². The largest absolute Gasteiger partial charge is 0.309 e. The van der Waals surface area contributed by atoms with Crippen LogP contribution in [0.25, 0.3) is 0 Å². The number of rotatable bonds is 2. The molecule has 3 heteroatoms. The van der Waals surface area contributed by atoms with E-state index in [0.717, 1.165) is 26.2 Å². The van der Waals surface area contributed by atoms with Crippen LogP contribution in [-0.4, -0.2) is 35.1 Å². The Bertz CT molecular complexity index is 360. The van der Waals surface area contributed by atoms with Gasteiger partial charge in [0.05, 0.1) is 5.69 Å². The van der Waals surface area contributed by atoms with E-state index >= 15 is 0 Å². The van der Waals surface area contributed by atoms with Gasteiger partial charge in [0.2, 0.25) is 0 Å². The third-order valence-electron chi connectivity index (χ3n) is 3.14. The van der Waals surface area contributed by atoms with E-state index in [9.17, 15) is 0 Å². The van der Waals surface area contributed by atoms with E-state index in [0.29, 0.717) is 0 Å². The maximum atomic E-state index is 4.46. The summed E-state index contributed by atoms with van der Waals surface area (Å²) in [5.41, 5.74) is 2.72.